The van der Waals surface area contributed by atoms with Gasteiger partial charge in [-0.1, -0.05) is 0 Å². The summed E-state index contributed by atoms with van der Waals surface area (Å²) in [6.07, 6.45) is 2.16. The number of piperazine rings is 1. The van der Waals surface area contributed by atoms with E-state index >= 15 is 0 Å². The van der Waals surface area contributed by atoms with E-state index in [1.165, 1.54) is 13.2 Å². The molecule has 0 aromatic carbocycles. The quantitative estimate of drug-likeness (QED) is 0.0602. The van der Waals surface area contributed by atoms with Gasteiger partial charge in [-0.2, -0.15) is 0 Å². The highest BCUT2D eigenvalue weighted by Crippen LogP contribution is 2.12. The fourth-order valence-corrected chi connectivity index (χ4v) is 4.09. The number of nitrogens with two attached hydrogens (primary N) is 2. The minimum absolute atomic E-state index is 0.0285. The molecule has 2 rings (SSSR count). The molecule has 15 heteroatoms. The Labute approximate surface area is 200 Å². The Morgan fingerprint density at radius 2 is 2.12 bits per heavy atom. The number of rotatable bonds is 13. The predicted octanol–water partition coefficient (Wildman–Crippen LogP) is -3.03. The minimum atomic E-state index is -1.08. The summed E-state index contributed by atoms with van der Waals surface area (Å²) >= 11 is 1.14. The smallest absolute Gasteiger partial charge is 0.248 e. The highest BCUT2D eigenvalue weighted by atomic mass is 32.1. The van der Waals surface area contributed by atoms with Gasteiger partial charge in [0.25, 0.3) is 0 Å². The van der Waals surface area contributed by atoms with E-state index in [4.69, 9.17) is 22.3 Å². The SMILES string of the molecule is CN[C@H](C(=N)CN)[C@H]1NC(=O)CN(CC(=O)NC(CCCNC(=N)N)C(=O)c2nccs2)C1=O. The maximum absolute atomic E-state index is 12.9. The zero-order chi connectivity index (χ0) is 25.3. The van der Waals surface area contributed by atoms with Crippen LogP contribution in [-0.4, -0.2) is 96.4 Å². The van der Waals surface area contributed by atoms with Crippen LogP contribution in [0.15, 0.2) is 11.6 Å². The third-order valence-electron chi connectivity index (χ3n) is 5.08. The van der Waals surface area contributed by atoms with Crippen molar-refractivity contribution in [3.8, 4) is 0 Å². The van der Waals surface area contributed by atoms with E-state index in [0.29, 0.717) is 13.0 Å². The van der Waals surface area contributed by atoms with Crippen molar-refractivity contribution < 1.29 is 19.2 Å². The number of likely N-dealkylation sites (N-methyl/N-ethyl adjacent to an activating group) is 1. The molecule has 1 saturated heterocycles. The summed E-state index contributed by atoms with van der Waals surface area (Å²) in [7, 11) is 1.54. The maximum Gasteiger partial charge on any atom is 0.248 e. The van der Waals surface area contributed by atoms with Crippen molar-refractivity contribution in [2.24, 2.45) is 11.5 Å². The van der Waals surface area contributed by atoms with Crippen LogP contribution in [0.5, 0.6) is 0 Å². The molecule has 1 aliphatic rings. The standard InChI is InChI=1S/C19H30N10O4S/c1-24-14(10(21)7-20)15-18(33)29(9-13(31)28-15)8-12(30)27-11(3-2-4-26-19(22)23)16(32)17-25-5-6-34-17/h5-6,11,14-15,21,24H,2-4,7-9,20H2,1H3,(H,27,30)(H,28,31)(H4,22,23,26)/t11?,14-,15-/m1/s1. The highest BCUT2D eigenvalue weighted by molar-refractivity contribution is 7.11. The molecule has 1 fully saturated rings. The molecule has 3 atom stereocenters. The third-order valence-corrected chi connectivity index (χ3v) is 5.87. The zero-order valence-electron chi connectivity index (χ0n) is 18.7. The molecule has 0 aliphatic carbocycles. The molecule has 0 spiro atoms. The molecular weight excluding hydrogens is 464 g/mol. The fourth-order valence-electron chi connectivity index (χ4n) is 3.46. The van der Waals surface area contributed by atoms with Gasteiger partial charge < -0.3 is 43.0 Å². The normalized spacial score (nSPS) is 17.5. The molecule has 0 bridgehead atoms. The molecule has 1 aromatic rings. The van der Waals surface area contributed by atoms with Crippen LogP contribution in [0.2, 0.25) is 0 Å². The first kappa shape index (κ1) is 26.8. The monoisotopic (exact) mass is 494 g/mol. The van der Waals surface area contributed by atoms with Crippen molar-refractivity contribution >= 4 is 46.5 Å². The molecule has 3 amide bonds. The lowest BCUT2D eigenvalue weighted by atomic mass is 9.99. The Kier molecular flexibility index (Phi) is 10.0. The van der Waals surface area contributed by atoms with Crippen molar-refractivity contribution in [2.45, 2.75) is 31.0 Å². The van der Waals surface area contributed by atoms with Gasteiger partial charge in [-0.15, -0.1) is 11.3 Å². The van der Waals surface area contributed by atoms with Crippen molar-refractivity contribution in [2.75, 3.05) is 33.2 Å². The topological polar surface area (TPSA) is 232 Å². The van der Waals surface area contributed by atoms with Gasteiger partial charge in [0.2, 0.25) is 23.5 Å². The lowest BCUT2D eigenvalue weighted by Crippen LogP contribution is -2.67. The van der Waals surface area contributed by atoms with Gasteiger partial charge in [0.15, 0.2) is 11.0 Å². The molecule has 14 nitrogen and oxygen atoms in total. The van der Waals surface area contributed by atoms with Crippen molar-refractivity contribution in [3.63, 3.8) is 0 Å². The van der Waals surface area contributed by atoms with Gasteiger partial charge in [-0.3, -0.25) is 24.6 Å². The molecule has 1 aromatic heterocycles. The Bertz CT molecular complexity index is 922. The van der Waals surface area contributed by atoms with E-state index in [-0.39, 0.29) is 42.0 Å². The molecule has 1 unspecified atom stereocenters. The minimum Gasteiger partial charge on any atom is -0.370 e. The van der Waals surface area contributed by atoms with Crippen molar-refractivity contribution in [1.29, 1.82) is 10.8 Å². The van der Waals surface area contributed by atoms with Crippen LogP contribution in [0.25, 0.3) is 0 Å². The number of hydrogen-bond donors (Lipinski definition) is 8. The predicted molar refractivity (Wildman–Crippen MR) is 126 cm³/mol. The van der Waals surface area contributed by atoms with Crippen molar-refractivity contribution in [1.82, 2.24) is 31.2 Å². The van der Waals surface area contributed by atoms with Crippen LogP contribution in [0, 0.1) is 10.8 Å². The van der Waals surface area contributed by atoms with E-state index in [9.17, 15) is 19.2 Å². The molecule has 0 saturated carbocycles. The Morgan fingerprint density at radius 1 is 1.38 bits per heavy atom. The van der Waals surface area contributed by atoms with Gasteiger partial charge in [-0.05, 0) is 19.9 Å². The van der Waals surface area contributed by atoms with Crippen LogP contribution < -0.4 is 32.7 Å². The van der Waals surface area contributed by atoms with Gasteiger partial charge in [-0.25, -0.2) is 4.98 Å². The second-order valence-electron chi connectivity index (χ2n) is 7.54. The lowest BCUT2D eigenvalue weighted by Gasteiger charge is -2.36. The Balaban J connectivity index is 2.08. The summed E-state index contributed by atoms with van der Waals surface area (Å²) in [5.41, 5.74) is 10.8. The van der Waals surface area contributed by atoms with Crippen LogP contribution in [0.3, 0.4) is 0 Å². The molecule has 2 heterocycles. The summed E-state index contributed by atoms with van der Waals surface area (Å²) in [6.45, 7) is -0.548. The third kappa shape index (κ3) is 7.29. The number of ketones is 1. The molecule has 34 heavy (non-hydrogen) atoms. The van der Waals surface area contributed by atoms with Crippen LogP contribution in [0.1, 0.15) is 22.6 Å². The second kappa shape index (κ2) is 12.7. The number of carbonyl (C=O) groups is 4. The first-order valence-corrected chi connectivity index (χ1v) is 11.4. The van der Waals surface area contributed by atoms with E-state index in [2.05, 4.69) is 26.3 Å². The number of guanidine groups is 1. The van der Waals surface area contributed by atoms with E-state index < -0.39 is 42.4 Å². The first-order valence-electron chi connectivity index (χ1n) is 10.5. The summed E-state index contributed by atoms with van der Waals surface area (Å²) in [5.74, 6) is -2.22. The number of aromatic nitrogens is 1. The van der Waals surface area contributed by atoms with E-state index in [1.807, 2.05) is 0 Å². The zero-order valence-corrected chi connectivity index (χ0v) is 19.5. The average molecular weight is 495 g/mol. The van der Waals surface area contributed by atoms with Crippen LogP contribution in [0.4, 0.5) is 0 Å². The van der Waals surface area contributed by atoms with Crippen molar-refractivity contribution in [3.05, 3.63) is 16.6 Å². The summed E-state index contributed by atoms with van der Waals surface area (Å²) in [4.78, 5) is 55.8. The van der Waals surface area contributed by atoms with Gasteiger partial charge in [0.1, 0.15) is 19.1 Å². The molecule has 10 N–H and O–H groups in total. The number of carbonyl (C=O) groups excluding carboxylic acids is 4. The van der Waals surface area contributed by atoms with Gasteiger partial charge in [0, 0.05) is 30.4 Å². The van der Waals surface area contributed by atoms with Gasteiger partial charge >= 0.3 is 0 Å². The number of Topliss-reactive ketones (excluding diaryl/α,β-unsaturated/α-hetero) is 1. The first-order chi connectivity index (χ1) is 16.2. The summed E-state index contributed by atoms with van der Waals surface area (Å²) < 4.78 is 0. The van der Waals surface area contributed by atoms with Crippen LogP contribution in [-0.2, 0) is 14.4 Å². The number of amides is 3. The van der Waals surface area contributed by atoms with Gasteiger partial charge in [0.05, 0.1) is 12.1 Å². The highest BCUT2D eigenvalue weighted by Gasteiger charge is 2.39. The number of nitrogens with one attached hydrogen (secondary N) is 6. The maximum atomic E-state index is 12.9. The second-order valence-corrected chi connectivity index (χ2v) is 8.43. The molecule has 186 valence electrons. The Hall–Kier alpha value is -3.43. The number of nitrogens with zero attached hydrogens (tertiary/aromatic N) is 2. The van der Waals surface area contributed by atoms with Crippen LogP contribution >= 0.6 is 11.3 Å². The average Bonchev–Trinajstić information content (AvgIpc) is 3.33. The lowest BCUT2D eigenvalue weighted by molar-refractivity contribution is -0.146. The molecular formula is C19H30N10O4S. The van der Waals surface area contributed by atoms with E-state index in [1.54, 1.807) is 5.38 Å². The fraction of sp³-hybridized carbons (Fsp3) is 0.526. The Morgan fingerprint density at radius 3 is 2.71 bits per heavy atom. The number of hydrogen-bond acceptors (Lipinski definition) is 10. The summed E-state index contributed by atoms with van der Waals surface area (Å²) in [5, 5.41) is 27.6. The number of thiazole rings is 1. The molecule has 1 aliphatic heterocycles. The molecule has 0 radical (unpaired) electrons. The largest absolute Gasteiger partial charge is 0.370 e. The van der Waals surface area contributed by atoms with E-state index in [0.717, 1.165) is 16.2 Å². The summed E-state index contributed by atoms with van der Waals surface area (Å²) in [6, 6.07) is -2.81.